The van der Waals surface area contributed by atoms with Gasteiger partial charge in [0.25, 0.3) is 0 Å². The summed E-state index contributed by atoms with van der Waals surface area (Å²) in [4.78, 5) is 32.7. The van der Waals surface area contributed by atoms with E-state index in [9.17, 15) is 24.6 Å². The summed E-state index contributed by atoms with van der Waals surface area (Å²) in [5.74, 6) is -4.19. The van der Waals surface area contributed by atoms with Gasteiger partial charge in [-0.3, -0.25) is 4.79 Å². The molecule has 8 nitrogen and oxygen atoms in total. The number of carbonyl (C=O) groups is 3. The maximum Gasteiger partial charge on any atom is 4.00 e. The van der Waals surface area contributed by atoms with Crippen molar-refractivity contribution < 1.29 is 45.7 Å². The number of carbonyl (C=O) groups excluding carboxylic acids is 3. The quantitative estimate of drug-likeness (QED) is 0.257. The number of allylic oxidation sites excluding steroid dienone is 2. The number of nitrogens with one attached hydrogen (secondary N) is 1. The first-order chi connectivity index (χ1) is 11.8. The minimum Gasteiger partial charge on any atom is -0.547 e. The van der Waals surface area contributed by atoms with Gasteiger partial charge in [-0.25, -0.2) is 0 Å². The van der Waals surface area contributed by atoms with Crippen molar-refractivity contribution in [2.45, 2.75) is 56.7 Å². The van der Waals surface area contributed by atoms with Gasteiger partial charge in [-0.15, -0.1) is 0 Å². The summed E-state index contributed by atoms with van der Waals surface area (Å²) in [6.07, 6.45) is 10.3. The maximum absolute atomic E-state index is 11.7. The first-order valence-electron chi connectivity index (χ1n) is 8.71. The van der Waals surface area contributed by atoms with Crippen LogP contribution in [0.2, 0.25) is 0 Å². The zero-order valence-corrected chi connectivity index (χ0v) is 16.6. The molecule has 0 heterocycles. The van der Waals surface area contributed by atoms with Crippen LogP contribution in [0.5, 0.6) is 0 Å². The van der Waals surface area contributed by atoms with Crippen molar-refractivity contribution >= 4 is 17.8 Å². The fourth-order valence-corrected chi connectivity index (χ4v) is 3.73. The van der Waals surface area contributed by atoms with Crippen LogP contribution in [0.3, 0.4) is 0 Å². The summed E-state index contributed by atoms with van der Waals surface area (Å²) in [7, 11) is 0. The summed E-state index contributed by atoms with van der Waals surface area (Å²) in [5, 5.41) is 22.9. The van der Waals surface area contributed by atoms with Crippen molar-refractivity contribution in [2.24, 2.45) is 29.2 Å². The molecule has 0 spiro atoms. The average molecular weight is 546 g/mol. The molecule has 2 saturated carbocycles. The van der Waals surface area contributed by atoms with E-state index in [2.05, 4.69) is 0 Å². The molecule has 0 aliphatic heterocycles. The van der Waals surface area contributed by atoms with Gasteiger partial charge in [0, 0.05) is 18.0 Å². The smallest absolute Gasteiger partial charge is 0.547 e. The van der Waals surface area contributed by atoms with Crippen LogP contribution in [0.15, 0.2) is 12.2 Å². The van der Waals surface area contributed by atoms with Crippen molar-refractivity contribution in [2.75, 3.05) is 0 Å². The summed E-state index contributed by atoms with van der Waals surface area (Å²) in [6.45, 7) is 0. The molecule has 0 aromatic carbocycles. The molecule has 146 valence electrons. The van der Waals surface area contributed by atoms with Crippen LogP contribution >= 0.6 is 0 Å². The van der Waals surface area contributed by atoms with Crippen LogP contribution in [0.4, 0.5) is 0 Å². The Morgan fingerprint density at radius 2 is 1.50 bits per heavy atom. The van der Waals surface area contributed by atoms with E-state index < -0.39 is 23.9 Å². The number of hydrogen-bond donors (Lipinski definition) is 3. The molecular weight excluding hydrogens is 521 g/mol. The summed E-state index contributed by atoms with van der Waals surface area (Å²) >= 11 is 0. The van der Waals surface area contributed by atoms with Crippen LogP contribution in [0, 0.1) is 17.8 Å². The molecular formula is C17H25N3O5Pt+2. The van der Waals surface area contributed by atoms with Gasteiger partial charge in [0.1, 0.15) is 6.04 Å². The molecule has 26 heavy (non-hydrogen) atoms. The minimum absolute atomic E-state index is 0. The number of hydrogen-bond acceptors (Lipinski definition) is 7. The molecule has 2 fully saturated rings. The van der Waals surface area contributed by atoms with Crippen molar-refractivity contribution in [3.8, 4) is 0 Å². The van der Waals surface area contributed by atoms with Crippen LogP contribution in [-0.4, -0.2) is 36.0 Å². The van der Waals surface area contributed by atoms with Crippen molar-refractivity contribution in [1.82, 2.24) is 5.32 Å². The zero-order chi connectivity index (χ0) is 18.6. The van der Waals surface area contributed by atoms with Crippen LogP contribution in [0.1, 0.15) is 38.5 Å². The molecule has 5 atom stereocenters. The molecule has 0 aromatic heterocycles. The summed E-state index contributed by atoms with van der Waals surface area (Å²) < 4.78 is 0. The molecule has 2 bridgehead atoms. The van der Waals surface area contributed by atoms with E-state index in [1.54, 1.807) is 0 Å². The standard InChI is InChI=1S/C11H13NO5.C6H14N2.Pt/c13-9(12-8(10(14)15)11(16)17)7-4-5-1-2-6(7)3-5;7-5-3-1-2-4-6(5)8;/h1-2,5-8H,3-4H2,(H,12,13)(H,14,15)(H,16,17);5-6H,1-4,7-8H2;/q;;+4/p-2/t5-,6+,7+;5-,6-;/m11./s1. The predicted molar refractivity (Wildman–Crippen MR) is 85.2 cm³/mol. The maximum atomic E-state index is 11.7. The van der Waals surface area contributed by atoms with E-state index in [4.69, 9.17) is 11.5 Å². The Morgan fingerprint density at radius 1 is 0.962 bits per heavy atom. The fourth-order valence-electron chi connectivity index (χ4n) is 3.73. The third kappa shape index (κ3) is 5.89. The van der Waals surface area contributed by atoms with E-state index in [0.29, 0.717) is 12.3 Å². The number of carboxylic acids is 2. The summed E-state index contributed by atoms with van der Waals surface area (Å²) in [6, 6.07) is -1.52. The fraction of sp³-hybridized carbons (Fsp3) is 0.706. The number of aliphatic carboxylic acids is 2. The topological polar surface area (TPSA) is 161 Å². The van der Waals surface area contributed by atoms with Crippen LogP contribution in [0.25, 0.3) is 0 Å². The molecule has 9 heteroatoms. The van der Waals surface area contributed by atoms with Gasteiger partial charge in [-0.2, -0.15) is 0 Å². The molecule has 0 aromatic rings. The molecule has 3 rings (SSSR count). The predicted octanol–water partition coefficient (Wildman–Crippen LogP) is -2.60. The zero-order valence-electron chi connectivity index (χ0n) is 14.4. The van der Waals surface area contributed by atoms with E-state index in [1.165, 1.54) is 12.8 Å². The largest absolute Gasteiger partial charge is 4.00 e. The minimum atomic E-state index is -2.08. The molecule has 3 aliphatic carbocycles. The Labute approximate surface area is 167 Å². The Morgan fingerprint density at radius 3 is 1.85 bits per heavy atom. The van der Waals surface area contributed by atoms with Gasteiger partial charge >= 0.3 is 21.1 Å². The number of nitrogens with two attached hydrogens (primary N) is 2. The van der Waals surface area contributed by atoms with Gasteiger partial charge in [-0.05, 0) is 37.5 Å². The monoisotopic (exact) mass is 546 g/mol. The number of carboxylic acid groups (broad SMARTS) is 2. The van der Waals surface area contributed by atoms with Gasteiger partial charge in [0.2, 0.25) is 5.91 Å². The van der Waals surface area contributed by atoms with E-state index >= 15 is 0 Å². The molecule has 3 aliphatic rings. The van der Waals surface area contributed by atoms with E-state index in [1.807, 2.05) is 17.5 Å². The SMILES string of the molecule is N[C@@H]1CCCC[C@H]1N.O=C([O-])C(NC(=O)[C@H]1C[C@@H]2C=C[C@H]1C2)C(=O)[O-].[Pt+4]. The first-order valence-corrected chi connectivity index (χ1v) is 8.71. The molecule has 0 unspecified atom stereocenters. The van der Waals surface area contributed by atoms with Gasteiger partial charge in [-0.1, -0.05) is 25.0 Å². The second kappa shape index (κ2) is 10.2. The molecule has 5 N–H and O–H groups in total. The van der Waals surface area contributed by atoms with Crippen LogP contribution in [-0.2, 0) is 35.4 Å². The van der Waals surface area contributed by atoms with Crippen molar-refractivity contribution in [3.63, 3.8) is 0 Å². The number of amides is 1. The third-order valence-electron chi connectivity index (χ3n) is 5.25. The Kier molecular flexibility index (Phi) is 8.93. The molecule has 0 radical (unpaired) electrons. The second-order valence-corrected chi connectivity index (χ2v) is 7.08. The van der Waals surface area contributed by atoms with Gasteiger partial charge in [0.05, 0.1) is 11.9 Å². The number of rotatable bonds is 4. The van der Waals surface area contributed by atoms with Gasteiger partial charge in [0.15, 0.2) is 0 Å². The normalized spacial score (nSPS) is 31.6. The Balaban J connectivity index is 0.000000318. The van der Waals surface area contributed by atoms with Gasteiger partial charge < -0.3 is 36.6 Å². The summed E-state index contributed by atoms with van der Waals surface area (Å²) in [5.41, 5.74) is 11.3. The Hall–Kier alpha value is -1.24. The van der Waals surface area contributed by atoms with Crippen molar-refractivity contribution in [1.29, 1.82) is 0 Å². The van der Waals surface area contributed by atoms with E-state index in [-0.39, 0.29) is 45.0 Å². The van der Waals surface area contributed by atoms with Crippen molar-refractivity contribution in [3.05, 3.63) is 12.2 Å². The first kappa shape index (κ1) is 22.8. The molecule has 1 amide bonds. The molecule has 0 saturated heterocycles. The van der Waals surface area contributed by atoms with E-state index in [0.717, 1.165) is 19.3 Å². The number of fused-ring (bicyclic) bond motifs is 2. The average Bonchev–Trinajstić information content (AvgIpc) is 3.18. The Bertz CT molecular complexity index is 533. The third-order valence-corrected chi connectivity index (χ3v) is 5.25. The van der Waals surface area contributed by atoms with Crippen LogP contribution < -0.4 is 27.0 Å². The second-order valence-electron chi connectivity index (χ2n) is 7.08.